The molecule has 0 saturated heterocycles. The molecule has 25 heavy (non-hydrogen) atoms. The van der Waals surface area contributed by atoms with Crippen LogP contribution < -0.4 is 9.47 Å². The molecule has 0 aliphatic rings. The molecule has 134 valence electrons. The highest BCUT2D eigenvalue weighted by Gasteiger charge is 2.18. The number of rotatable bonds is 8. The zero-order valence-corrected chi connectivity index (χ0v) is 15.5. The normalized spacial score (nSPS) is 10.6. The van der Waals surface area contributed by atoms with Crippen molar-refractivity contribution in [3.05, 3.63) is 59.7 Å². The molecule has 0 radical (unpaired) electrons. The molecular formula is C21H27NO3. The van der Waals surface area contributed by atoms with E-state index in [0.29, 0.717) is 13.1 Å². The lowest BCUT2D eigenvalue weighted by Crippen LogP contribution is -2.35. The molecule has 2 aromatic rings. The van der Waals surface area contributed by atoms with Crippen molar-refractivity contribution < 1.29 is 14.3 Å². The van der Waals surface area contributed by atoms with Gasteiger partial charge in [0.05, 0.1) is 14.2 Å². The van der Waals surface area contributed by atoms with E-state index >= 15 is 0 Å². The van der Waals surface area contributed by atoms with E-state index in [-0.39, 0.29) is 11.8 Å². The van der Waals surface area contributed by atoms with Gasteiger partial charge in [-0.25, -0.2) is 0 Å². The summed E-state index contributed by atoms with van der Waals surface area (Å²) in [5.74, 6) is 1.81. The van der Waals surface area contributed by atoms with Crippen LogP contribution in [0.25, 0.3) is 0 Å². The van der Waals surface area contributed by atoms with E-state index in [1.54, 1.807) is 14.2 Å². The third-order valence-electron chi connectivity index (χ3n) is 4.18. The second-order valence-corrected chi connectivity index (χ2v) is 6.32. The molecule has 0 aliphatic heterocycles. The molecule has 0 heterocycles. The first-order valence-electron chi connectivity index (χ1n) is 8.58. The van der Waals surface area contributed by atoms with Crippen LogP contribution in [0.2, 0.25) is 0 Å². The Labute approximate surface area is 150 Å². The molecule has 0 aliphatic carbocycles. The molecule has 0 unspecified atom stereocenters. The molecule has 1 amide bonds. The maximum Gasteiger partial charge on any atom is 0.225 e. The van der Waals surface area contributed by atoms with Gasteiger partial charge in [-0.2, -0.15) is 0 Å². The SMILES string of the molecule is COc1ccc(CN(CCc2ccccc2OC)C(=O)C(C)C)cc1. The molecule has 0 saturated carbocycles. The Kier molecular flexibility index (Phi) is 6.87. The van der Waals surface area contributed by atoms with Gasteiger partial charge in [0.25, 0.3) is 0 Å². The van der Waals surface area contributed by atoms with Gasteiger partial charge in [0.1, 0.15) is 11.5 Å². The molecule has 0 fully saturated rings. The van der Waals surface area contributed by atoms with Crippen molar-refractivity contribution in [2.45, 2.75) is 26.8 Å². The Morgan fingerprint density at radius 2 is 1.68 bits per heavy atom. The monoisotopic (exact) mass is 341 g/mol. The lowest BCUT2D eigenvalue weighted by Gasteiger charge is -2.25. The van der Waals surface area contributed by atoms with Crippen LogP contribution >= 0.6 is 0 Å². The summed E-state index contributed by atoms with van der Waals surface area (Å²) in [7, 11) is 3.32. The smallest absolute Gasteiger partial charge is 0.225 e. The maximum atomic E-state index is 12.6. The van der Waals surface area contributed by atoms with E-state index in [1.165, 1.54) is 0 Å². The minimum atomic E-state index is -0.0316. The molecule has 0 bridgehead atoms. The van der Waals surface area contributed by atoms with Crippen molar-refractivity contribution in [2.75, 3.05) is 20.8 Å². The van der Waals surface area contributed by atoms with Crippen LogP contribution in [-0.2, 0) is 17.8 Å². The lowest BCUT2D eigenvalue weighted by molar-refractivity contribution is -0.135. The van der Waals surface area contributed by atoms with Crippen LogP contribution in [0.3, 0.4) is 0 Å². The summed E-state index contributed by atoms with van der Waals surface area (Å²) in [5.41, 5.74) is 2.20. The van der Waals surface area contributed by atoms with Crippen molar-refractivity contribution in [1.82, 2.24) is 4.90 Å². The Morgan fingerprint density at radius 1 is 1.00 bits per heavy atom. The first kappa shape index (κ1) is 18.8. The Morgan fingerprint density at radius 3 is 2.28 bits per heavy atom. The highest BCUT2D eigenvalue weighted by atomic mass is 16.5. The molecule has 0 atom stereocenters. The van der Waals surface area contributed by atoms with Gasteiger partial charge in [-0.1, -0.05) is 44.2 Å². The summed E-state index contributed by atoms with van der Waals surface area (Å²) < 4.78 is 10.6. The zero-order valence-electron chi connectivity index (χ0n) is 15.5. The predicted molar refractivity (Wildman–Crippen MR) is 99.9 cm³/mol. The third-order valence-corrected chi connectivity index (χ3v) is 4.18. The number of nitrogens with zero attached hydrogens (tertiary/aromatic N) is 1. The lowest BCUT2D eigenvalue weighted by atomic mass is 10.1. The third kappa shape index (κ3) is 5.24. The number of hydrogen-bond donors (Lipinski definition) is 0. The summed E-state index contributed by atoms with van der Waals surface area (Å²) in [6.07, 6.45) is 0.763. The van der Waals surface area contributed by atoms with Crippen LogP contribution in [0.4, 0.5) is 0 Å². The van der Waals surface area contributed by atoms with Gasteiger partial charge in [0.15, 0.2) is 0 Å². The van der Waals surface area contributed by atoms with Gasteiger partial charge in [0, 0.05) is 19.0 Å². The van der Waals surface area contributed by atoms with Gasteiger partial charge in [-0.15, -0.1) is 0 Å². The minimum Gasteiger partial charge on any atom is -0.497 e. The number of methoxy groups -OCH3 is 2. The van der Waals surface area contributed by atoms with Crippen molar-refractivity contribution in [1.29, 1.82) is 0 Å². The van der Waals surface area contributed by atoms with Crippen LogP contribution in [-0.4, -0.2) is 31.6 Å². The van der Waals surface area contributed by atoms with Gasteiger partial charge >= 0.3 is 0 Å². The average Bonchev–Trinajstić information content (AvgIpc) is 2.65. The topological polar surface area (TPSA) is 38.8 Å². The van der Waals surface area contributed by atoms with Gasteiger partial charge < -0.3 is 14.4 Å². The predicted octanol–water partition coefficient (Wildman–Crippen LogP) is 3.93. The highest BCUT2D eigenvalue weighted by molar-refractivity contribution is 5.78. The van der Waals surface area contributed by atoms with Crippen LogP contribution in [0.15, 0.2) is 48.5 Å². The Balaban J connectivity index is 2.11. The van der Waals surface area contributed by atoms with Crippen LogP contribution in [0.5, 0.6) is 11.5 Å². The minimum absolute atomic E-state index is 0.0316. The van der Waals surface area contributed by atoms with E-state index < -0.39 is 0 Å². The van der Waals surface area contributed by atoms with Gasteiger partial charge in [-0.05, 0) is 35.7 Å². The number of para-hydroxylation sites is 1. The van der Waals surface area contributed by atoms with Gasteiger partial charge in [-0.3, -0.25) is 4.79 Å². The number of benzene rings is 2. The Hall–Kier alpha value is -2.49. The molecule has 0 spiro atoms. The number of ether oxygens (including phenoxy) is 2. The molecule has 2 rings (SSSR count). The van der Waals surface area contributed by atoms with Crippen molar-refractivity contribution >= 4 is 5.91 Å². The van der Waals surface area contributed by atoms with Crippen molar-refractivity contribution in [3.63, 3.8) is 0 Å². The van der Waals surface area contributed by atoms with E-state index in [4.69, 9.17) is 9.47 Å². The summed E-state index contributed by atoms with van der Waals surface area (Å²) >= 11 is 0. The van der Waals surface area contributed by atoms with Crippen LogP contribution in [0, 0.1) is 5.92 Å². The van der Waals surface area contributed by atoms with E-state index in [2.05, 4.69) is 0 Å². The van der Waals surface area contributed by atoms with Crippen LogP contribution in [0.1, 0.15) is 25.0 Å². The first-order chi connectivity index (χ1) is 12.0. The standard InChI is InChI=1S/C21H27NO3/c1-16(2)21(23)22(15-17-9-11-19(24-3)12-10-17)14-13-18-7-5-6-8-20(18)25-4/h5-12,16H,13-15H2,1-4H3. The largest absolute Gasteiger partial charge is 0.497 e. The van der Waals surface area contributed by atoms with E-state index in [1.807, 2.05) is 67.3 Å². The molecular weight excluding hydrogens is 314 g/mol. The fraction of sp³-hybridized carbons (Fsp3) is 0.381. The second kappa shape index (κ2) is 9.11. The second-order valence-electron chi connectivity index (χ2n) is 6.32. The fourth-order valence-electron chi connectivity index (χ4n) is 2.75. The number of carbonyl (C=O) groups is 1. The van der Waals surface area contributed by atoms with Crippen molar-refractivity contribution in [2.24, 2.45) is 5.92 Å². The average molecular weight is 341 g/mol. The number of amides is 1. The summed E-state index contributed by atoms with van der Waals surface area (Å²) in [6.45, 7) is 5.12. The van der Waals surface area contributed by atoms with E-state index in [9.17, 15) is 4.79 Å². The molecule has 0 N–H and O–H groups in total. The number of hydrogen-bond acceptors (Lipinski definition) is 3. The quantitative estimate of drug-likeness (QED) is 0.730. The first-order valence-corrected chi connectivity index (χ1v) is 8.58. The fourth-order valence-corrected chi connectivity index (χ4v) is 2.75. The number of carbonyl (C=O) groups excluding carboxylic acids is 1. The maximum absolute atomic E-state index is 12.6. The summed E-state index contributed by atoms with van der Waals surface area (Å²) in [4.78, 5) is 14.5. The summed E-state index contributed by atoms with van der Waals surface area (Å²) in [6, 6.07) is 15.8. The molecule has 2 aromatic carbocycles. The summed E-state index contributed by atoms with van der Waals surface area (Å²) in [5, 5.41) is 0. The van der Waals surface area contributed by atoms with Crippen molar-refractivity contribution in [3.8, 4) is 11.5 Å². The molecule has 0 aromatic heterocycles. The molecule has 4 heteroatoms. The molecule has 4 nitrogen and oxygen atoms in total. The van der Waals surface area contributed by atoms with E-state index in [0.717, 1.165) is 29.0 Å². The highest BCUT2D eigenvalue weighted by Crippen LogP contribution is 2.20. The Bertz CT molecular complexity index is 680. The zero-order chi connectivity index (χ0) is 18.2. The van der Waals surface area contributed by atoms with Gasteiger partial charge in [0.2, 0.25) is 5.91 Å².